The number of allylic oxidation sites excluding steroid dienone is 1. The van der Waals surface area contributed by atoms with Crippen LogP contribution in [0.2, 0.25) is 0 Å². The summed E-state index contributed by atoms with van der Waals surface area (Å²) in [6, 6.07) is 5.28. The van der Waals surface area contributed by atoms with E-state index in [9.17, 15) is 22.8 Å². The number of carbonyl (C=O) groups excluding carboxylic acids is 2. The van der Waals surface area contributed by atoms with Gasteiger partial charge in [-0.1, -0.05) is 15.9 Å². The highest BCUT2D eigenvalue weighted by Gasteiger charge is 2.32. The molecule has 2 aliphatic heterocycles. The molecular weight excluding hydrogens is 507 g/mol. The summed E-state index contributed by atoms with van der Waals surface area (Å²) in [4.78, 5) is 30.4. The van der Waals surface area contributed by atoms with E-state index < -0.39 is 18.0 Å². The fourth-order valence-electron chi connectivity index (χ4n) is 3.71. The average Bonchev–Trinajstić information content (AvgIpc) is 3.17. The molecule has 0 bridgehead atoms. The molecule has 33 heavy (non-hydrogen) atoms. The predicted octanol–water partition coefficient (Wildman–Crippen LogP) is 3.70. The van der Waals surface area contributed by atoms with Crippen molar-refractivity contribution in [3.8, 4) is 17.0 Å². The lowest BCUT2D eigenvalue weighted by atomic mass is 10.1. The van der Waals surface area contributed by atoms with Crippen molar-refractivity contribution >= 4 is 33.5 Å². The first-order valence-electron chi connectivity index (χ1n) is 10.0. The number of benzene rings is 1. The fraction of sp³-hybridized carbons (Fsp3) is 0.333. The lowest BCUT2D eigenvalue weighted by molar-refractivity contribution is -0.274. The van der Waals surface area contributed by atoms with Gasteiger partial charge in [-0.15, -0.1) is 13.2 Å². The molecule has 2 aromatic rings. The van der Waals surface area contributed by atoms with E-state index in [1.807, 2.05) is 6.92 Å². The molecule has 1 unspecified atom stereocenters. The monoisotopic (exact) mass is 525 g/mol. The number of aliphatic imine (C=N–C) groups is 1. The summed E-state index contributed by atoms with van der Waals surface area (Å²) < 4.78 is 44.5. The minimum Gasteiger partial charge on any atom is -0.406 e. The maximum Gasteiger partial charge on any atom is 0.573 e. The number of amides is 2. The molecule has 1 N–H and O–H groups in total. The molecule has 0 spiro atoms. The first-order chi connectivity index (χ1) is 15.6. The summed E-state index contributed by atoms with van der Waals surface area (Å²) in [5.41, 5.74) is 1.74. The van der Waals surface area contributed by atoms with Crippen LogP contribution >= 0.6 is 15.9 Å². The van der Waals surface area contributed by atoms with Crippen molar-refractivity contribution in [1.82, 2.24) is 20.0 Å². The molecule has 4 rings (SSSR count). The topological polar surface area (TPSA) is 88.8 Å². The fourth-order valence-corrected chi connectivity index (χ4v) is 4.18. The van der Waals surface area contributed by atoms with Crippen molar-refractivity contribution in [2.24, 2.45) is 4.99 Å². The summed E-state index contributed by atoms with van der Waals surface area (Å²) in [5, 5.41) is 7.14. The van der Waals surface area contributed by atoms with Gasteiger partial charge in [0.1, 0.15) is 5.75 Å². The second-order valence-electron chi connectivity index (χ2n) is 7.64. The molecule has 0 radical (unpaired) electrons. The van der Waals surface area contributed by atoms with Gasteiger partial charge in [-0.05, 0) is 37.3 Å². The van der Waals surface area contributed by atoms with Crippen LogP contribution in [0.1, 0.15) is 29.9 Å². The Morgan fingerprint density at radius 3 is 2.76 bits per heavy atom. The molecule has 2 aliphatic rings. The smallest absolute Gasteiger partial charge is 0.406 e. The number of nitrogens with one attached hydrogen (secondary N) is 1. The minimum atomic E-state index is -4.85. The Balaban J connectivity index is 1.76. The van der Waals surface area contributed by atoms with Gasteiger partial charge in [-0.2, -0.15) is 5.10 Å². The number of hydrogen-bond acceptors (Lipinski definition) is 5. The molecule has 0 saturated carbocycles. The SMILES string of the molecule is CC1=NC=CC(n2nc(C(=O)N3CCNC(=O)C3)cc2-c2cc(Br)cc(OC(F)(F)F)c2)C1. The van der Waals surface area contributed by atoms with E-state index in [1.165, 1.54) is 23.1 Å². The molecule has 2 amide bonds. The van der Waals surface area contributed by atoms with Gasteiger partial charge < -0.3 is 15.0 Å². The average molecular weight is 526 g/mol. The number of nitrogens with zero attached hydrogens (tertiary/aromatic N) is 4. The lowest BCUT2D eigenvalue weighted by Crippen LogP contribution is -2.50. The number of ether oxygens (including phenoxy) is 1. The van der Waals surface area contributed by atoms with Crippen molar-refractivity contribution in [3.63, 3.8) is 0 Å². The van der Waals surface area contributed by atoms with Crippen LogP contribution in [0.4, 0.5) is 13.2 Å². The zero-order chi connectivity index (χ0) is 23.8. The van der Waals surface area contributed by atoms with Crippen LogP contribution in [-0.4, -0.2) is 58.2 Å². The largest absolute Gasteiger partial charge is 0.573 e. The van der Waals surface area contributed by atoms with Crippen molar-refractivity contribution in [1.29, 1.82) is 0 Å². The van der Waals surface area contributed by atoms with Crippen LogP contribution in [0.15, 0.2) is 46.0 Å². The zero-order valence-electron chi connectivity index (χ0n) is 17.4. The highest BCUT2D eigenvalue weighted by molar-refractivity contribution is 9.10. The van der Waals surface area contributed by atoms with E-state index >= 15 is 0 Å². The first kappa shape index (κ1) is 23.0. The van der Waals surface area contributed by atoms with E-state index in [4.69, 9.17) is 0 Å². The maximum absolute atomic E-state index is 13.1. The lowest BCUT2D eigenvalue weighted by Gasteiger charge is -2.25. The summed E-state index contributed by atoms with van der Waals surface area (Å²) in [7, 11) is 0. The van der Waals surface area contributed by atoms with E-state index in [-0.39, 0.29) is 24.2 Å². The summed E-state index contributed by atoms with van der Waals surface area (Å²) in [5.74, 6) is -1.11. The van der Waals surface area contributed by atoms with E-state index in [0.717, 1.165) is 5.71 Å². The Labute approximate surface area is 195 Å². The van der Waals surface area contributed by atoms with Gasteiger partial charge in [0.2, 0.25) is 5.91 Å². The maximum atomic E-state index is 13.1. The third kappa shape index (κ3) is 5.44. The molecule has 174 valence electrons. The van der Waals surface area contributed by atoms with Gasteiger partial charge in [0, 0.05) is 41.5 Å². The normalized spacial score (nSPS) is 18.7. The Kier molecular flexibility index (Phi) is 6.28. The van der Waals surface area contributed by atoms with Crippen molar-refractivity contribution < 1.29 is 27.5 Å². The zero-order valence-corrected chi connectivity index (χ0v) is 19.0. The van der Waals surface area contributed by atoms with Crippen molar-refractivity contribution in [2.45, 2.75) is 25.7 Å². The Bertz CT molecular complexity index is 1160. The number of hydrogen-bond donors (Lipinski definition) is 1. The third-order valence-corrected chi connectivity index (χ3v) is 5.56. The van der Waals surface area contributed by atoms with Gasteiger partial charge in [-0.25, -0.2) is 0 Å². The van der Waals surface area contributed by atoms with Crippen LogP contribution < -0.4 is 10.1 Å². The molecule has 8 nitrogen and oxygen atoms in total. The molecule has 1 aromatic carbocycles. The number of carbonyl (C=O) groups is 2. The van der Waals surface area contributed by atoms with Gasteiger partial charge in [-0.3, -0.25) is 19.3 Å². The molecule has 3 heterocycles. The van der Waals surface area contributed by atoms with Crippen LogP contribution in [-0.2, 0) is 4.79 Å². The van der Waals surface area contributed by atoms with E-state index in [1.54, 1.807) is 23.0 Å². The Morgan fingerprint density at radius 2 is 2.06 bits per heavy atom. The Hall–Kier alpha value is -3.15. The molecule has 1 saturated heterocycles. The second-order valence-corrected chi connectivity index (χ2v) is 8.55. The third-order valence-electron chi connectivity index (χ3n) is 5.10. The van der Waals surface area contributed by atoms with Crippen LogP contribution in [0, 0.1) is 0 Å². The molecule has 1 aromatic heterocycles. The standard InChI is InChI=1S/C21H19BrF3N5O3/c1-12-6-15(2-3-26-12)30-18(13-7-14(22)9-16(8-13)33-21(23,24)25)10-17(28-30)20(32)29-5-4-27-19(31)11-29/h2-3,7-10,15H,4-6,11H2,1H3,(H,27,31). The number of aromatic nitrogens is 2. The summed E-state index contributed by atoms with van der Waals surface area (Å²) in [6.45, 7) is 2.44. The van der Waals surface area contributed by atoms with Crippen molar-refractivity contribution in [3.05, 3.63) is 46.7 Å². The number of halogens is 4. The highest BCUT2D eigenvalue weighted by atomic mass is 79.9. The number of piperazine rings is 1. The summed E-state index contributed by atoms with van der Waals surface area (Å²) >= 11 is 3.22. The van der Waals surface area contributed by atoms with Gasteiger partial charge >= 0.3 is 6.36 Å². The number of alkyl halides is 3. The van der Waals surface area contributed by atoms with Gasteiger partial charge in [0.15, 0.2) is 5.69 Å². The van der Waals surface area contributed by atoms with E-state index in [2.05, 4.69) is 36.1 Å². The van der Waals surface area contributed by atoms with Crippen LogP contribution in [0.25, 0.3) is 11.3 Å². The second kappa shape index (κ2) is 9.00. The van der Waals surface area contributed by atoms with Gasteiger partial charge in [0.25, 0.3) is 5.91 Å². The van der Waals surface area contributed by atoms with Crippen molar-refractivity contribution in [2.75, 3.05) is 19.6 Å². The Morgan fingerprint density at radius 1 is 1.27 bits per heavy atom. The van der Waals surface area contributed by atoms with Crippen LogP contribution in [0.5, 0.6) is 5.75 Å². The molecule has 0 aliphatic carbocycles. The van der Waals surface area contributed by atoms with E-state index in [0.29, 0.717) is 35.2 Å². The number of rotatable bonds is 4. The van der Waals surface area contributed by atoms with Crippen LogP contribution in [0.3, 0.4) is 0 Å². The summed E-state index contributed by atoms with van der Waals surface area (Å²) in [6.07, 6.45) is -0.902. The quantitative estimate of drug-likeness (QED) is 0.659. The molecule has 12 heteroatoms. The molecular formula is C21H19BrF3N5O3. The predicted molar refractivity (Wildman–Crippen MR) is 117 cm³/mol. The highest BCUT2D eigenvalue weighted by Crippen LogP contribution is 2.34. The minimum absolute atomic E-state index is 0.0867. The van der Waals surface area contributed by atoms with Gasteiger partial charge in [0.05, 0.1) is 18.3 Å². The molecule has 1 fully saturated rings. The molecule has 1 atom stereocenters. The first-order valence-corrected chi connectivity index (χ1v) is 10.8.